The van der Waals surface area contributed by atoms with E-state index in [-0.39, 0.29) is 5.91 Å². The number of anilines is 1. The first-order chi connectivity index (χ1) is 17.0. The molecule has 0 radical (unpaired) electrons. The molecule has 0 bridgehead atoms. The van der Waals surface area contributed by atoms with Crippen LogP contribution in [-0.2, 0) is 4.74 Å². The highest BCUT2D eigenvalue weighted by molar-refractivity contribution is 5.97. The van der Waals surface area contributed by atoms with Gasteiger partial charge in [-0.3, -0.25) is 19.3 Å². The predicted molar refractivity (Wildman–Crippen MR) is 137 cm³/mol. The molecule has 10 heteroatoms. The molecule has 10 nitrogen and oxygen atoms in total. The van der Waals surface area contributed by atoms with Gasteiger partial charge >= 0.3 is 0 Å². The van der Waals surface area contributed by atoms with E-state index >= 15 is 0 Å². The van der Waals surface area contributed by atoms with Crippen molar-refractivity contribution in [3.63, 3.8) is 0 Å². The summed E-state index contributed by atoms with van der Waals surface area (Å²) in [6.45, 7) is 11.4. The maximum Gasteiger partial charge on any atom is 0.273 e. The molecule has 0 atom stereocenters. The summed E-state index contributed by atoms with van der Waals surface area (Å²) in [5.41, 5.74) is 3.21. The number of oxazole rings is 1. The average molecular weight is 487 g/mol. The van der Waals surface area contributed by atoms with Crippen LogP contribution in [0.25, 0.3) is 11.5 Å². The number of amides is 1. The number of nitrogens with zero attached hydrogens (tertiary/aromatic N) is 4. The number of hydrogen-bond donors (Lipinski definition) is 2. The second-order valence-electron chi connectivity index (χ2n) is 6.93. The van der Waals surface area contributed by atoms with Gasteiger partial charge in [0.05, 0.1) is 11.7 Å². The van der Waals surface area contributed by atoms with E-state index in [1.54, 1.807) is 26.4 Å². The first-order valence-corrected chi connectivity index (χ1v) is 12.0. The summed E-state index contributed by atoms with van der Waals surface area (Å²) in [4.78, 5) is 30.1. The molecule has 2 N–H and O–H groups in total. The molecule has 4 rings (SSSR count). The van der Waals surface area contributed by atoms with Crippen molar-refractivity contribution in [2.24, 2.45) is 0 Å². The fourth-order valence-corrected chi connectivity index (χ4v) is 3.15. The Morgan fingerprint density at radius 2 is 1.86 bits per heavy atom. The molecule has 3 aromatic rings. The lowest BCUT2D eigenvalue weighted by Crippen LogP contribution is -2.22. The van der Waals surface area contributed by atoms with Crippen molar-refractivity contribution in [1.29, 1.82) is 0 Å². The van der Waals surface area contributed by atoms with Crippen molar-refractivity contribution in [2.75, 3.05) is 32.6 Å². The van der Waals surface area contributed by atoms with Crippen LogP contribution in [0.1, 0.15) is 73.2 Å². The van der Waals surface area contributed by atoms with Crippen LogP contribution >= 0.6 is 0 Å². The van der Waals surface area contributed by atoms with Crippen molar-refractivity contribution < 1.29 is 18.7 Å². The number of nitrogens with one attached hydrogen (secondary N) is 2. The predicted octanol–water partition coefficient (Wildman–Crippen LogP) is 4.55. The van der Waals surface area contributed by atoms with Gasteiger partial charge in [-0.25, -0.2) is 4.98 Å². The van der Waals surface area contributed by atoms with Gasteiger partial charge in [0.1, 0.15) is 12.0 Å². The van der Waals surface area contributed by atoms with Gasteiger partial charge in [0, 0.05) is 51.0 Å². The standard InChI is InChI=1S/C11H18N4O2.C10H8N2O2.2C2H6/c1-12-9-7-15(8-3-5-17-6-4-8)14-10(9)11(16)13-2;1-7-4-8(2-3-11-7)10-12-9(5-13)6-14-10;2*1-2/h7-8,12H,3-6H2,1-2H3,(H,13,16);2-6H,1H3;2*1-2H3. The van der Waals surface area contributed by atoms with Gasteiger partial charge in [-0.2, -0.15) is 5.10 Å². The number of aryl methyl sites for hydroxylation is 1. The fraction of sp³-hybridized carbons (Fsp3) is 0.480. The Morgan fingerprint density at radius 3 is 2.40 bits per heavy atom. The van der Waals surface area contributed by atoms with Crippen molar-refractivity contribution in [2.45, 2.75) is 53.5 Å². The van der Waals surface area contributed by atoms with Crippen LogP contribution in [0.5, 0.6) is 0 Å². The minimum atomic E-state index is -0.167. The quantitative estimate of drug-likeness (QED) is 0.504. The Bertz CT molecular complexity index is 1020. The van der Waals surface area contributed by atoms with Crippen molar-refractivity contribution in [1.82, 2.24) is 25.1 Å². The largest absolute Gasteiger partial charge is 0.444 e. The van der Waals surface area contributed by atoms with Crippen molar-refractivity contribution in [3.8, 4) is 11.5 Å². The third-order valence-electron chi connectivity index (χ3n) is 4.79. The Morgan fingerprint density at radius 1 is 1.17 bits per heavy atom. The van der Waals surface area contributed by atoms with E-state index in [1.807, 2.05) is 51.6 Å². The topological polar surface area (TPSA) is 124 Å². The van der Waals surface area contributed by atoms with E-state index in [1.165, 1.54) is 6.26 Å². The molecule has 3 aromatic heterocycles. The van der Waals surface area contributed by atoms with Crippen molar-refractivity contribution >= 4 is 17.9 Å². The van der Waals surface area contributed by atoms with Gasteiger partial charge in [0.2, 0.25) is 5.89 Å². The molecule has 35 heavy (non-hydrogen) atoms. The van der Waals surface area contributed by atoms with Crippen LogP contribution in [0.4, 0.5) is 5.69 Å². The number of aldehydes is 1. The number of hydrogen-bond acceptors (Lipinski definition) is 8. The van der Waals surface area contributed by atoms with Crippen LogP contribution in [0.3, 0.4) is 0 Å². The summed E-state index contributed by atoms with van der Waals surface area (Å²) in [5.74, 6) is 0.276. The Balaban J connectivity index is 0.000000311. The van der Waals surface area contributed by atoms with Crippen LogP contribution in [-0.4, -0.2) is 59.3 Å². The van der Waals surface area contributed by atoms with Crippen molar-refractivity contribution in [3.05, 3.63) is 47.9 Å². The molecule has 1 saturated heterocycles. The van der Waals surface area contributed by atoms with Gasteiger partial charge in [0.15, 0.2) is 12.0 Å². The van der Waals surface area contributed by atoms with Gasteiger partial charge in [-0.15, -0.1) is 0 Å². The second kappa shape index (κ2) is 16.2. The monoisotopic (exact) mass is 486 g/mol. The van der Waals surface area contributed by atoms with Gasteiger partial charge < -0.3 is 19.8 Å². The van der Waals surface area contributed by atoms with E-state index < -0.39 is 0 Å². The number of rotatable bonds is 5. The van der Waals surface area contributed by atoms with E-state index in [0.29, 0.717) is 29.6 Å². The van der Waals surface area contributed by atoms with Crippen LogP contribution < -0.4 is 10.6 Å². The zero-order chi connectivity index (χ0) is 26.2. The first kappa shape index (κ1) is 29.5. The summed E-state index contributed by atoms with van der Waals surface area (Å²) >= 11 is 0. The summed E-state index contributed by atoms with van der Waals surface area (Å²) < 4.78 is 12.3. The molecule has 192 valence electrons. The number of aromatic nitrogens is 4. The third kappa shape index (κ3) is 8.64. The summed E-state index contributed by atoms with van der Waals surface area (Å²) in [7, 11) is 3.40. The smallest absolute Gasteiger partial charge is 0.273 e. The molecular formula is C25H38N6O4. The lowest BCUT2D eigenvalue weighted by molar-refractivity contribution is 0.0660. The zero-order valence-electron chi connectivity index (χ0n) is 21.8. The number of carbonyl (C=O) groups excluding carboxylic acids is 2. The highest BCUT2D eigenvalue weighted by atomic mass is 16.5. The number of carbonyl (C=O) groups is 2. The Labute approximate surface area is 207 Å². The number of ether oxygens (including phenoxy) is 1. The molecule has 1 amide bonds. The highest BCUT2D eigenvalue weighted by Gasteiger charge is 2.21. The average Bonchev–Trinajstić information content (AvgIpc) is 3.59. The molecule has 1 fully saturated rings. The summed E-state index contributed by atoms with van der Waals surface area (Å²) in [5, 5.41) is 9.95. The van der Waals surface area contributed by atoms with Gasteiger partial charge in [-0.1, -0.05) is 27.7 Å². The van der Waals surface area contributed by atoms with E-state index in [0.717, 1.165) is 43.0 Å². The molecule has 1 aliphatic heterocycles. The van der Waals surface area contributed by atoms with E-state index in [2.05, 4.69) is 25.7 Å². The second-order valence-corrected chi connectivity index (χ2v) is 6.93. The molecule has 0 aliphatic carbocycles. The fourth-order valence-electron chi connectivity index (χ4n) is 3.15. The maximum absolute atomic E-state index is 11.6. The maximum atomic E-state index is 11.6. The lowest BCUT2D eigenvalue weighted by atomic mass is 10.1. The Hall–Kier alpha value is -3.53. The SMILES string of the molecule is CC.CC.CNC(=O)c1nn(C2CCOCC2)cc1NC.Cc1cc(-c2nc(C=O)co2)ccn1. The molecular weight excluding hydrogens is 448 g/mol. The van der Waals surface area contributed by atoms with Gasteiger partial charge in [-0.05, 0) is 31.9 Å². The van der Waals surface area contributed by atoms with E-state index in [9.17, 15) is 9.59 Å². The minimum absolute atomic E-state index is 0.167. The molecule has 0 aromatic carbocycles. The molecule has 1 aliphatic rings. The van der Waals surface area contributed by atoms with E-state index in [4.69, 9.17) is 9.15 Å². The van der Waals surface area contributed by atoms with Crippen LogP contribution in [0.15, 0.2) is 35.2 Å². The Kier molecular flexibility index (Phi) is 13.6. The molecule has 4 heterocycles. The molecule has 0 spiro atoms. The van der Waals surface area contributed by atoms with Gasteiger partial charge in [0.25, 0.3) is 5.91 Å². The van der Waals surface area contributed by atoms with Crippen LogP contribution in [0, 0.1) is 6.92 Å². The highest BCUT2D eigenvalue weighted by Crippen LogP contribution is 2.23. The normalized spacial score (nSPS) is 12.5. The third-order valence-corrected chi connectivity index (χ3v) is 4.79. The number of pyridine rings is 1. The molecule has 0 unspecified atom stereocenters. The summed E-state index contributed by atoms with van der Waals surface area (Å²) in [6.07, 6.45) is 7.44. The first-order valence-electron chi connectivity index (χ1n) is 12.0. The zero-order valence-corrected chi connectivity index (χ0v) is 21.8. The lowest BCUT2D eigenvalue weighted by Gasteiger charge is -2.22. The minimum Gasteiger partial charge on any atom is -0.444 e. The van der Waals surface area contributed by atoms with Crippen LogP contribution in [0.2, 0.25) is 0 Å². The molecule has 0 saturated carbocycles. The summed E-state index contributed by atoms with van der Waals surface area (Å²) in [6, 6.07) is 3.96.